The predicted octanol–water partition coefficient (Wildman–Crippen LogP) is 0.117. The zero-order valence-electron chi connectivity index (χ0n) is 7.96. The first-order valence-electron chi connectivity index (χ1n) is 4.39. The molecule has 5 nitrogen and oxygen atoms in total. The summed E-state index contributed by atoms with van der Waals surface area (Å²) < 4.78 is 5.06. The molecule has 0 aromatic heterocycles. The Morgan fingerprint density at radius 3 is 2.67 bits per heavy atom. The average molecular weight is 212 g/mol. The van der Waals surface area contributed by atoms with Gasteiger partial charge in [0.15, 0.2) is 0 Å². The minimum atomic E-state index is -1.09. The number of carbonyl (C=O) groups is 1. The van der Waals surface area contributed by atoms with Crippen LogP contribution < -0.4 is 4.74 Å². The highest BCUT2D eigenvalue weighted by molar-refractivity contribution is 5.90. The number of hydrogen-bond acceptors (Lipinski definition) is 4. The number of aliphatic hydroxyl groups is 2. The maximum atomic E-state index is 10.7. The quantitative estimate of drug-likeness (QED) is 0.645. The second kappa shape index (κ2) is 5.33. The molecule has 0 aliphatic rings. The van der Waals surface area contributed by atoms with Gasteiger partial charge in [0.05, 0.1) is 6.61 Å². The maximum absolute atomic E-state index is 10.7. The third-order valence-corrected chi connectivity index (χ3v) is 1.76. The van der Waals surface area contributed by atoms with Crippen LogP contribution >= 0.6 is 0 Å². The monoisotopic (exact) mass is 212 g/mol. The van der Waals surface area contributed by atoms with Crippen LogP contribution in [0.4, 0.5) is 0 Å². The molecule has 82 valence electrons. The summed E-state index contributed by atoms with van der Waals surface area (Å²) in [5.41, 5.74) is 0.0302. The van der Waals surface area contributed by atoms with Crippen LogP contribution in [0, 0.1) is 0 Å². The summed E-state index contributed by atoms with van der Waals surface area (Å²) in [6, 6.07) is 6.11. The largest absolute Gasteiger partial charge is 0.490 e. The van der Waals surface area contributed by atoms with E-state index in [0.717, 1.165) is 0 Å². The van der Waals surface area contributed by atoms with Gasteiger partial charge < -0.3 is 20.1 Å². The molecule has 0 aliphatic heterocycles. The summed E-state index contributed by atoms with van der Waals surface area (Å²) >= 11 is 0. The zero-order chi connectivity index (χ0) is 11.3. The van der Waals surface area contributed by atoms with Gasteiger partial charge >= 0.3 is 5.97 Å². The molecule has 0 radical (unpaired) electrons. The van der Waals surface area contributed by atoms with Gasteiger partial charge in [-0.25, -0.2) is 4.79 Å². The molecule has 0 spiro atoms. The molecule has 0 saturated heterocycles. The smallest absolute Gasteiger partial charge is 0.339 e. The Labute approximate surface area is 86.5 Å². The zero-order valence-corrected chi connectivity index (χ0v) is 7.96. The van der Waals surface area contributed by atoms with Gasteiger partial charge in [-0.05, 0) is 12.1 Å². The molecule has 0 saturated carbocycles. The van der Waals surface area contributed by atoms with Crippen molar-refractivity contribution in [3.05, 3.63) is 29.8 Å². The Bertz CT molecular complexity index is 336. The van der Waals surface area contributed by atoms with Crippen molar-refractivity contribution < 1.29 is 24.9 Å². The van der Waals surface area contributed by atoms with E-state index >= 15 is 0 Å². The van der Waals surface area contributed by atoms with Crippen LogP contribution in [-0.2, 0) is 0 Å². The highest BCUT2D eigenvalue weighted by atomic mass is 16.5. The fourth-order valence-electron chi connectivity index (χ4n) is 1.01. The van der Waals surface area contributed by atoms with Crippen LogP contribution in [0.3, 0.4) is 0 Å². The Morgan fingerprint density at radius 2 is 2.07 bits per heavy atom. The number of carboxylic acid groups (broad SMARTS) is 1. The Kier molecular flexibility index (Phi) is 4.08. The maximum Gasteiger partial charge on any atom is 0.339 e. The second-order valence-electron chi connectivity index (χ2n) is 2.95. The lowest BCUT2D eigenvalue weighted by Gasteiger charge is -2.11. The lowest BCUT2D eigenvalue weighted by atomic mass is 10.2. The third kappa shape index (κ3) is 3.23. The van der Waals surface area contributed by atoms with Gasteiger partial charge in [0.1, 0.15) is 24.0 Å². The fourth-order valence-corrected chi connectivity index (χ4v) is 1.01. The van der Waals surface area contributed by atoms with Crippen molar-refractivity contribution in [1.29, 1.82) is 0 Å². The number of para-hydroxylation sites is 1. The molecular weight excluding hydrogens is 200 g/mol. The first-order valence-corrected chi connectivity index (χ1v) is 4.39. The molecule has 15 heavy (non-hydrogen) atoms. The van der Waals surface area contributed by atoms with E-state index in [-0.39, 0.29) is 17.9 Å². The molecule has 3 N–H and O–H groups in total. The van der Waals surface area contributed by atoms with E-state index in [4.69, 9.17) is 20.1 Å². The molecule has 0 aliphatic carbocycles. The number of benzene rings is 1. The fraction of sp³-hybridized carbons (Fsp3) is 0.300. The third-order valence-electron chi connectivity index (χ3n) is 1.76. The van der Waals surface area contributed by atoms with E-state index < -0.39 is 18.7 Å². The van der Waals surface area contributed by atoms with Crippen molar-refractivity contribution in [3.63, 3.8) is 0 Å². The van der Waals surface area contributed by atoms with Crippen molar-refractivity contribution in [2.24, 2.45) is 0 Å². The van der Waals surface area contributed by atoms with Gasteiger partial charge in [-0.1, -0.05) is 12.1 Å². The standard InChI is InChI=1S/C10H12O5/c11-5-7(12)6-15-9-4-2-1-3-8(9)10(13)14/h1-4,7,11-12H,5-6H2,(H,13,14)/t7-/m1/s1. The van der Waals surface area contributed by atoms with Crippen molar-refractivity contribution in [2.75, 3.05) is 13.2 Å². The van der Waals surface area contributed by atoms with Crippen LogP contribution in [0.1, 0.15) is 10.4 Å². The molecule has 1 aromatic carbocycles. The topological polar surface area (TPSA) is 87.0 Å². The van der Waals surface area contributed by atoms with E-state index in [1.54, 1.807) is 12.1 Å². The highest BCUT2D eigenvalue weighted by Gasteiger charge is 2.11. The number of carboxylic acids is 1. The number of ether oxygens (including phenoxy) is 1. The minimum Gasteiger partial charge on any atom is -0.490 e. The molecule has 0 bridgehead atoms. The molecule has 1 rings (SSSR count). The Hall–Kier alpha value is -1.59. The highest BCUT2D eigenvalue weighted by Crippen LogP contribution is 2.17. The Morgan fingerprint density at radius 1 is 1.40 bits per heavy atom. The van der Waals surface area contributed by atoms with Gasteiger partial charge in [0, 0.05) is 0 Å². The molecular formula is C10H12O5. The van der Waals surface area contributed by atoms with Gasteiger partial charge in [-0.15, -0.1) is 0 Å². The van der Waals surface area contributed by atoms with Crippen molar-refractivity contribution in [2.45, 2.75) is 6.10 Å². The molecule has 5 heteroatoms. The Balaban J connectivity index is 2.72. The summed E-state index contributed by atoms with van der Waals surface area (Å²) in [6.45, 7) is -0.559. The SMILES string of the molecule is O=C(O)c1ccccc1OC[C@H](O)CO. The minimum absolute atomic E-state index is 0.0302. The normalized spacial score (nSPS) is 12.1. The van der Waals surface area contributed by atoms with Crippen LogP contribution in [0.15, 0.2) is 24.3 Å². The molecule has 0 fully saturated rings. The van der Waals surface area contributed by atoms with Crippen LogP contribution in [0.25, 0.3) is 0 Å². The van der Waals surface area contributed by atoms with Crippen LogP contribution in [0.5, 0.6) is 5.75 Å². The van der Waals surface area contributed by atoms with Crippen LogP contribution in [0.2, 0.25) is 0 Å². The van der Waals surface area contributed by atoms with Crippen molar-refractivity contribution >= 4 is 5.97 Å². The number of rotatable bonds is 5. The summed E-state index contributed by atoms with van der Waals surface area (Å²) in [6.07, 6.45) is -1.01. The van der Waals surface area contributed by atoms with Gasteiger partial charge in [0.2, 0.25) is 0 Å². The number of hydrogen-bond donors (Lipinski definition) is 3. The van der Waals surface area contributed by atoms with Crippen LogP contribution in [-0.4, -0.2) is 40.6 Å². The molecule has 0 unspecified atom stereocenters. The summed E-state index contributed by atoms with van der Waals surface area (Å²) in [4.78, 5) is 10.7. The first-order chi connectivity index (χ1) is 7.15. The van der Waals surface area contributed by atoms with Crippen molar-refractivity contribution in [1.82, 2.24) is 0 Å². The first kappa shape index (κ1) is 11.5. The van der Waals surface area contributed by atoms with Gasteiger partial charge in [0.25, 0.3) is 0 Å². The second-order valence-corrected chi connectivity index (χ2v) is 2.95. The lowest BCUT2D eigenvalue weighted by molar-refractivity contribution is 0.0519. The predicted molar refractivity (Wildman–Crippen MR) is 52.0 cm³/mol. The van der Waals surface area contributed by atoms with E-state index in [1.807, 2.05) is 0 Å². The van der Waals surface area contributed by atoms with E-state index in [2.05, 4.69) is 0 Å². The summed E-state index contributed by atoms with van der Waals surface area (Å²) in [5.74, 6) is -0.915. The molecule has 0 amide bonds. The summed E-state index contributed by atoms with van der Waals surface area (Å²) in [7, 11) is 0. The number of aliphatic hydroxyl groups excluding tert-OH is 2. The molecule has 1 atom stereocenters. The van der Waals surface area contributed by atoms with E-state index in [9.17, 15) is 4.79 Å². The average Bonchev–Trinajstić information content (AvgIpc) is 2.26. The molecule has 1 aromatic rings. The van der Waals surface area contributed by atoms with Gasteiger partial charge in [-0.2, -0.15) is 0 Å². The van der Waals surface area contributed by atoms with E-state index in [1.165, 1.54) is 12.1 Å². The number of aromatic carboxylic acids is 1. The van der Waals surface area contributed by atoms with E-state index in [0.29, 0.717) is 0 Å². The van der Waals surface area contributed by atoms with Crippen molar-refractivity contribution in [3.8, 4) is 5.75 Å². The summed E-state index contributed by atoms with van der Waals surface area (Å²) in [5, 5.41) is 26.4. The lowest BCUT2D eigenvalue weighted by Crippen LogP contribution is -2.21. The molecule has 0 heterocycles. The van der Waals surface area contributed by atoms with Gasteiger partial charge in [-0.3, -0.25) is 0 Å².